The van der Waals surface area contributed by atoms with Crippen LogP contribution in [0.5, 0.6) is 5.75 Å². The van der Waals surface area contributed by atoms with E-state index in [2.05, 4.69) is 22.3 Å². The number of hydrogen-bond acceptors (Lipinski definition) is 3. The Labute approximate surface area is 105 Å². The molecule has 3 nitrogen and oxygen atoms in total. The predicted molar refractivity (Wildman–Crippen MR) is 72.5 cm³/mol. The smallest absolute Gasteiger partial charge is 0.118 e. The Morgan fingerprint density at radius 1 is 1.12 bits per heavy atom. The van der Waals surface area contributed by atoms with Gasteiger partial charge in [-0.15, -0.1) is 0 Å². The van der Waals surface area contributed by atoms with Crippen LogP contribution < -0.4 is 10.1 Å². The van der Waals surface area contributed by atoms with Gasteiger partial charge >= 0.3 is 0 Å². The number of piperazine rings is 1. The minimum atomic E-state index is 0.930. The summed E-state index contributed by atoms with van der Waals surface area (Å²) in [6, 6.07) is 8.33. The fourth-order valence-corrected chi connectivity index (χ4v) is 1.86. The molecule has 0 spiro atoms. The zero-order valence-electron chi connectivity index (χ0n) is 11.2. The van der Waals surface area contributed by atoms with Gasteiger partial charge in [0.25, 0.3) is 0 Å². The lowest BCUT2D eigenvalue weighted by molar-refractivity contribution is 0.233. The molecule has 0 atom stereocenters. The van der Waals surface area contributed by atoms with E-state index in [4.69, 9.17) is 4.74 Å². The Morgan fingerprint density at radius 2 is 1.71 bits per heavy atom. The summed E-state index contributed by atoms with van der Waals surface area (Å²) in [5.41, 5.74) is 1.36. The SMILES string of the molecule is CC.COc1ccc(CN2CCNCC2)cc1. The lowest BCUT2D eigenvalue weighted by Gasteiger charge is -2.27. The summed E-state index contributed by atoms with van der Waals surface area (Å²) in [7, 11) is 1.70. The van der Waals surface area contributed by atoms with E-state index in [0.717, 1.165) is 38.5 Å². The largest absolute Gasteiger partial charge is 0.497 e. The van der Waals surface area contributed by atoms with Crippen molar-refractivity contribution in [2.45, 2.75) is 20.4 Å². The van der Waals surface area contributed by atoms with Gasteiger partial charge in [-0.05, 0) is 17.7 Å². The lowest BCUT2D eigenvalue weighted by Crippen LogP contribution is -2.42. The van der Waals surface area contributed by atoms with Gasteiger partial charge in [-0.3, -0.25) is 4.90 Å². The van der Waals surface area contributed by atoms with Gasteiger partial charge in [0.05, 0.1) is 7.11 Å². The predicted octanol–water partition coefficient (Wildman–Crippen LogP) is 2.13. The molecule has 1 aromatic rings. The van der Waals surface area contributed by atoms with Crippen molar-refractivity contribution in [1.82, 2.24) is 10.2 Å². The van der Waals surface area contributed by atoms with Crippen molar-refractivity contribution in [2.24, 2.45) is 0 Å². The van der Waals surface area contributed by atoms with Crippen LogP contribution in [0.3, 0.4) is 0 Å². The third kappa shape index (κ3) is 4.75. The van der Waals surface area contributed by atoms with Crippen molar-refractivity contribution in [2.75, 3.05) is 33.3 Å². The number of nitrogens with one attached hydrogen (secondary N) is 1. The quantitative estimate of drug-likeness (QED) is 0.870. The maximum Gasteiger partial charge on any atom is 0.118 e. The zero-order chi connectivity index (χ0) is 12.5. The molecule has 0 saturated carbocycles. The molecule has 1 N–H and O–H groups in total. The summed E-state index contributed by atoms with van der Waals surface area (Å²) in [4.78, 5) is 2.47. The molecule has 0 aromatic heterocycles. The van der Waals surface area contributed by atoms with Crippen molar-refractivity contribution < 1.29 is 4.74 Å². The Hall–Kier alpha value is -1.06. The van der Waals surface area contributed by atoms with Crippen molar-refractivity contribution in [3.05, 3.63) is 29.8 Å². The number of nitrogens with zero attached hydrogens (tertiary/aromatic N) is 1. The van der Waals surface area contributed by atoms with Crippen LogP contribution >= 0.6 is 0 Å². The molecule has 96 valence electrons. The second-order valence-corrected chi connectivity index (χ2v) is 3.87. The molecule has 1 aliphatic heterocycles. The monoisotopic (exact) mass is 236 g/mol. The van der Waals surface area contributed by atoms with E-state index in [1.807, 2.05) is 26.0 Å². The fraction of sp³-hybridized carbons (Fsp3) is 0.571. The molecule has 17 heavy (non-hydrogen) atoms. The second kappa shape index (κ2) is 8.09. The lowest BCUT2D eigenvalue weighted by atomic mass is 10.2. The van der Waals surface area contributed by atoms with Crippen LogP contribution in [0.25, 0.3) is 0 Å². The Kier molecular flexibility index (Phi) is 6.67. The molecular formula is C14H24N2O. The average Bonchev–Trinajstić information content (AvgIpc) is 2.43. The van der Waals surface area contributed by atoms with E-state index in [1.54, 1.807) is 7.11 Å². The van der Waals surface area contributed by atoms with Crippen LogP contribution in [-0.4, -0.2) is 38.2 Å². The number of methoxy groups -OCH3 is 1. The van der Waals surface area contributed by atoms with Crippen LogP contribution in [0.15, 0.2) is 24.3 Å². The normalized spacial score (nSPS) is 15.9. The average molecular weight is 236 g/mol. The fourth-order valence-electron chi connectivity index (χ4n) is 1.86. The molecule has 1 fully saturated rings. The first kappa shape index (κ1) is 14.0. The standard InChI is InChI=1S/C12H18N2O.C2H6/c1-15-12-4-2-11(3-5-12)10-14-8-6-13-7-9-14;1-2/h2-5,13H,6-10H2,1H3;1-2H3. The van der Waals surface area contributed by atoms with E-state index < -0.39 is 0 Å². The van der Waals surface area contributed by atoms with Crippen molar-refractivity contribution >= 4 is 0 Å². The summed E-state index contributed by atoms with van der Waals surface area (Å²) in [6.07, 6.45) is 0. The molecular weight excluding hydrogens is 212 g/mol. The highest BCUT2D eigenvalue weighted by Gasteiger charge is 2.09. The third-order valence-electron chi connectivity index (χ3n) is 2.77. The van der Waals surface area contributed by atoms with Crippen LogP contribution in [0.1, 0.15) is 19.4 Å². The molecule has 0 bridgehead atoms. The zero-order valence-corrected chi connectivity index (χ0v) is 11.2. The van der Waals surface area contributed by atoms with Gasteiger partial charge in [0.15, 0.2) is 0 Å². The second-order valence-electron chi connectivity index (χ2n) is 3.87. The minimum absolute atomic E-state index is 0.930. The van der Waals surface area contributed by atoms with Gasteiger partial charge < -0.3 is 10.1 Å². The van der Waals surface area contributed by atoms with Gasteiger partial charge in [-0.25, -0.2) is 0 Å². The summed E-state index contributed by atoms with van der Waals surface area (Å²) in [6.45, 7) is 9.55. The topological polar surface area (TPSA) is 24.5 Å². The van der Waals surface area contributed by atoms with E-state index in [0.29, 0.717) is 0 Å². The molecule has 2 rings (SSSR count). The highest BCUT2D eigenvalue weighted by atomic mass is 16.5. The molecule has 1 aliphatic rings. The highest BCUT2D eigenvalue weighted by molar-refractivity contribution is 5.27. The maximum absolute atomic E-state index is 5.14. The summed E-state index contributed by atoms with van der Waals surface area (Å²) in [5.74, 6) is 0.930. The van der Waals surface area contributed by atoms with E-state index >= 15 is 0 Å². The number of hydrogen-bond donors (Lipinski definition) is 1. The first-order valence-corrected chi connectivity index (χ1v) is 6.44. The molecule has 0 unspecified atom stereocenters. The molecule has 1 aromatic carbocycles. The number of ether oxygens (including phenoxy) is 1. The van der Waals surface area contributed by atoms with Crippen LogP contribution in [0.2, 0.25) is 0 Å². The minimum Gasteiger partial charge on any atom is -0.497 e. The van der Waals surface area contributed by atoms with Crippen molar-refractivity contribution in [3.63, 3.8) is 0 Å². The Morgan fingerprint density at radius 3 is 2.24 bits per heavy atom. The number of benzene rings is 1. The van der Waals surface area contributed by atoms with Gasteiger partial charge in [-0.2, -0.15) is 0 Å². The van der Waals surface area contributed by atoms with E-state index in [1.165, 1.54) is 5.56 Å². The van der Waals surface area contributed by atoms with Crippen LogP contribution in [0, 0.1) is 0 Å². The van der Waals surface area contributed by atoms with Gasteiger partial charge in [0, 0.05) is 32.7 Å². The van der Waals surface area contributed by atoms with Gasteiger partial charge in [0.1, 0.15) is 5.75 Å². The molecule has 0 aliphatic carbocycles. The van der Waals surface area contributed by atoms with E-state index in [9.17, 15) is 0 Å². The van der Waals surface area contributed by atoms with Gasteiger partial charge in [-0.1, -0.05) is 26.0 Å². The van der Waals surface area contributed by atoms with Crippen LogP contribution in [0.4, 0.5) is 0 Å². The molecule has 0 radical (unpaired) electrons. The Bertz CT molecular complexity index is 292. The Balaban J connectivity index is 0.000000686. The maximum atomic E-state index is 5.14. The van der Waals surface area contributed by atoms with E-state index in [-0.39, 0.29) is 0 Å². The first-order chi connectivity index (χ1) is 8.38. The van der Waals surface area contributed by atoms with Crippen molar-refractivity contribution in [3.8, 4) is 5.75 Å². The third-order valence-corrected chi connectivity index (χ3v) is 2.77. The van der Waals surface area contributed by atoms with Crippen LogP contribution in [-0.2, 0) is 6.54 Å². The molecule has 1 saturated heterocycles. The van der Waals surface area contributed by atoms with Gasteiger partial charge in [0.2, 0.25) is 0 Å². The summed E-state index contributed by atoms with van der Waals surface area (Å²) >= 11 is 0. The van der Waals surface area contributed by atoms with Crippen molar-refractivity contribution in [1.29, 1.82) is 0 Å². The highest BCUT2D eigenvalue weighted by Crippen LogP contribution is 2.13. The number of rotatable bonds is 3. The molecule has 1 heterocycles. The summed E-state index contributed by atoms with van der Waals surface area (Å²) in [5, 5.41) is 3.36. The summed E-state index contributed by atoms with van der Waals surface area (Å²) < 4.78 is 5.14. The first-order valence-electron chi connectivity index (χ1n) is 6.44. The molecule has 0 amide bonds. The molecule has 3 heteroatoms.